The maximum absolute atomic E-state index is 12.4. The highest BCUT2D eigenvalue weighted by atomic mass is 19.3. The van der Waals surface area contributed by atoms with Crippen LogP contribution in [0, 0.1) is 10.1 Å². The van der Waals surface area contributed by atoms with Crippen LogP contribution in [0.1, 0.15) is 32.8 Å². The van der Waals surface area contributed by atoms with Crippen molar-refractivity contribution in [2.45, 2.75) is 32.7 Å². The molecule has 94 valence electrons. The second-order valence-corrected chi connectivity index (χ2v) is 4.71. The lowest BCUT2D eigenvalue weighted by Crippen LogP contribution is -2.26. The van der Waals surface area contributed by atoms with E-state index in [4.69, 9.17) is 0 Å². The molecule has 17 heavy (non-hydrogen) atoms. The molecule has 0 saturated carbocycles. The van der Waals surface area contributed by atoms with E-state index in [1.54, 1.807) is 0 Å². The van der Waals surface area contributed by atoms with E-state index in [9.17, 15) is 18.9 Å². The molecule has 1 rings (SSSR count). The number of hydrogen-bond donors (Lipinski definition) is 1. The Morgan fingerprint density at radius 2 is 1.94 bits per heavy atom. The first-order valence-electron chi connectivity index (χ1n) is 5.05. The zero-order chi connectivity index (χ0) is 13.2. The van der Waals surface area contributed by atoms with Gasteiger partial charge in [-0.15, -0.1) is 0 Å². The maximum atomic E-state index is 12.4. The summed E-state index contributed by atoms with van der Waals surface area (Å²) >= 11 is 0. The first kappa shape index (κ1) is 13.3. The van der Waals surface area contributed by atoms with E-state index in [1.165, 1.54) is 12.1 Å². The Kier molecular flexibility index (Phi) is 3.65. The molecule has 0 aliphatic carbocycles. The van der Waals surface area contributed by atoms with E-state index in [2.05, 4.69) is 5.32 Å². The summed E-state index contributed by atoms with van der Waals surface area (Å²) in [6.45, 7) is 5.49. The molecule has 4 nitrogen and oxygen atoms in total. The van der Waals surface area contributed by atoms with Gasteiger partial charge in [0, 0.05) is 17.2 Å². The first-order valence-corrected chi connectivity index (χ1v) is 5.05. The van der Waals surface area contributed by atoms with Crippen LogP contribution in [0.5, 0.6) is 0 Å². The number of nitrogens with one attached hydrogen (secondary N) is 1. The minimum atomic E-state index is -2.71. The van der Waals surface area contributed by atoms with Gasteiger partial charge in [-0.3, -0.25) is 10.1 Å². The third-order valence-corrected chi connectivity index (χ3v) is 1.98. The Morgan fingerprint density at radius 1 is 1.35 bits per heavy atom. The number of halogens is 2. The van der Waals surface area contributed by atoms with Crippen LogP contribution in [0.25, 0.3) is 0 Å². The van der Waals surface area contributed by atoms with Crippen LogP contribution in [-0.2, 0) is 0 Å². The molecule has 0 aliphatic rings. The molecule has 0 spiro atoms. The van der Waals surface area contributed by atoms with Gasteiger partial charge in [-0.2, -0.15) is 0 Å². The molecular formula is C11H14F2N2O2. The SMILES string of the molecule is CC(C)(C)Nc1ccc(C(F)F)cc1[N+](=O)[O-]. The Morgan fingerprint density at radius 3 is 2.35 bits per heavy atom. The molecule has 0 radical (unpaired) electrons. The van der Waals surface area contributed by atoms with Crippen LogP contribution < -0.4 is 5.32 Å². The molecule has 0 saturated heterocycles. The van der Waals surface area contributed by atoms with Crippen LogP contribution in [0.2, 0.25) is 0 Å². The lowest BCUT2D eigenvalue weighted by molar-refractivity contribution is -0.384. The van der Waals surface area contributed by atoms with Gasteiger partial charge in [0.2, 0.25) is 0 Å². The van der Waals surface area contributed by atoms with Gasteiger partial charge >= 0.3 is 0 Å². The molecule has 0 amide bonds. The maximum Gasteiger partial charge on any atom is 0.292 e. The fourth-order valence-corrected chi connectivity index (χ4v) is 1.35. The van der Waals surface area contributed by atoms with E-state index in [0.717, 1.165) is 6.07 Å². The van der Waals surface area contributed by atoms with Gasteiger partial charge in [0.25, 0.3) is 12.1 Å². The largest absolute Gasteiger partial charge is 0.375 e. The molecule has 0 heterocycles. The fourth-order valence-electron chi connectivity index (χ4n) is 1.35. The molecule has 0 atom stereocenters. The highest BCUT2D eigenvalue weighted by Crippen LogP contribution is 2.31. The number of nitro groups is 1. The average molecular weight is 244 g/mol. The molecule has 0 unspecified atom stereocenters. The van der Waals surface area contributed by atoms with Crippen LogP contribution in [0.4, 0.5) is 20.2 Å². The smallest absolute Gasteiger partial charge is 0.292 e. The number of hydrogen-bond acceptors (Lipinski definition) is 3. The van der Waals surface area contributed by atoms with Crippen molar-refractivity contribution >= 4 is 11.4 Å². The standard InChI is InChI=1S/C11H14F2N2O2/c1-11(2,3)14-8-5-4-7(10(12)13)6-9(8)15(16)17/h4-6,10,14H,1-3H3. The summed E-state index contributed by atoms with van der Waals surface area (Å²) in [7, 11) is 0. The molecule has 1 aromatic carbocycles. The number of anilines is 1. The van der Waals surface area contributed by atoms with Crippen molar-refractivity contribution in [2.75, 3.05) is 5.32 Å². The van der Waals surface area contributed by atoms with Crippen LogP contribution in [0.3, 0.4) is 0 Å². The van der Waals surface area contributed by atoms with Crippen LogP contribution in [0.15, 0.2) is 18.2 Å². The van der Waals surface area contributed by atoms with Gasteiger partial charge in [0.15, 0.2) is 0 Å². The molecule has 0 fully saturated rings. The second-order valence-electron chi connectivity index (χ2n) is 4.71. The Labute approximate surface area is 97.8 Å². The molecule has 1 aromatic rings. The Hall–Kier alpha value is -1.72. The predicted octanol–water partition coefficient (Wildman–Crippen LogP) is 3.74. The molecule has 1 N–H and O–H groups in total. The zero-order valence-corrected chi connectivity index (χ0v) is 9.83. The molecule has 0 bridgehead atoms. The van der Waals surface area contributed by atoms with Crippen molar-refractivity contribution in [2.24, 2.45) is 0 Å². The molecule has 0 aromatic heterocycles. The first-order chi connectivity index (χ1) is 7.70. The van der Waals surface area contributed by atoms with Crippen LogP contribution >= 0.6 is 0 Å². The Bertz CT molecular complexity index is 428. The van der Waals surface area contributed by atoms with Crippen molar-refractivity contribution in [3.63, 3.8) is 0 Å². The lowest BCUT2D eigenvalue weighted by atomic mass is 10.1. The molecule has 6 heteroatoms. The number of alkyl halides is 2. The van der Waals surface area contributed by atoms with Crippen LogP contribution in [-0.4, -0.2) is 10.5 Å². The monoisotopic (exact) mass is 244 g/mol. The summed E-state index contributed by atoms with van der Waals surface area (Å²) in [6.07, 6.45) is -2.71. The van der Waals surface area contributed by atoms with Gasteiger partial charge in [-0.1, -0.05) is 6.07 Å². The van der Waals surface area contributed by atoms with Gasteiger partial charge < -0.3 is 5.32 Å². The minimum absolute atomic E-state index is 0.243. The number of nitrogens with zero attached hydrogens (tertiary/aromatic N) is 1. The topological polar surface area (TPSA) is 55.2 Å². The number of nitro benzene ring substituents is 1. The normalized spacial score (nSPS) is 11.6. The van der Waals surface area contributed by atoms with Crippen molar-refractivity contribution in [3.05, 3.63) is 33.9 Å². The number of benzene rings is 1. The third-order valence-electron chi connectivity index (χ3n) is 1.98. The quantitative estimate of drug-likeness (QED) is 0.650. The van der Waals surface area contributed by atoms with Crippen molar-refractivity contribution < 1.29 is 13.7 Å². The summed E-state index contributed by atoms with van der Waals surface area (Å²) in [6, 6.07) is 3.40. The second kappa shape index (κ2) is 4.65. The summed E-state index contributed by atoms with van der Waals surface area (Å²) in [5.41, 5.74) is -0.822. The lowest BCUT2D eigenvalue weighted by Gasteiger charge is -2.22. The van der Waals surface area contributed by atoms with Crippen molar-refractivity contribution in [1.82, 2.24) is 0 Å². The van der Waals surface area contributed by atoms with Gasteiger partial charge in [-0.25, -0.2) is 8.78 Å². The Balaban J connectivity index is 3.18. The highest BCUT2D eigenvalue weighted by Gasteiger charge is 2.21. The van der Waals surface area contributed by atoms with E-state index < -0.39 is 11.3 Å². The fraction of sp³-hybridized carbons (Fsp3) is 0.455. The van der Waals surface area contributed by atoms with Crippen molar-refractivity contribution in [3.8, 4) is 0 Å². The van der Waals surface area contributed by atoms with E-state index in [0.29, 0.717) is 0 Å². The summed E-state index contributed by atoms with van der Waals surface area (Å²) in [5.74, 6) is 0. The van der Waals surface area contributed by atoms with Gasteiger partial charge in [-0.05, 0) is 26.8 Å². The number of rotatable bonds is 3. The van der Waals surface area contributed by atoms with E-state index >= 15 is 0 Å². The summed E-state index contributed by atoms with van der Waals surface area (Å²) in [4.78, 5) is 10.1. The van der Waals surface area contributed by atoms with E-state index in [-0.39, 0.29) is 22.5 Å². The molecule has 0 aliphatic heterocycles. The predicted molar refractivity (Wildman–Crippen MR) is 61.4 cm³/mol. The third kappa shape index (κ3) is 3.65. The summed E-state index contributed by atoms with van der Waals surface area (Å²) in [5, 5.41) is 13.7. The molecular weight excluding hydrogens is 230 g/mol. The van der Waals surface area contributed by atoms with Gasteiger partial charge in [0.05, 0.1) is 4.92 Å². The van der Waals surface area contributed by atoms with Gasteiger partial charge in [0.1, 0.15) is 5.69 Å². The zero-order valence-electron chi connectivity index (χ0n) is 9.83. The van der Waals surface area contributed by atoms with Crippen molar-refractivity contribution in [1.29, 1.82) is 0 Å². The summed E-state index contributed by atoms with van der Waals surface area (Å²) < 4.78 is 24.9. The van der Waals surface area contributed by atoms with E-state index in [1.807, 2.05) is 20.8 Å². The highest BCUT2D eigenvalue weighted by molar-refractivity contribution is 5.63. The average Bonchev–Trinajstić information content (AvgIpc) is 2.14. The minimum Gasteiger partial charge on any atom is -0.375 e.